The second kappa shape index (κ2) is 8.93. The summed E-state index contributed by atoms with van der Waals surface area (Å²) in [7, 11) is 1.80. The molecule has 0 saturated heterocycles. The van der Waals surface area contributed by atoms with Crippen LogP contribution in [0, 0.1) is 5.92 Å². The predicted octanol–water partition coefficient (Wildman–Crippen LogP) is 3.75. The Kier molecular flexibility index (Phi) is 7.87. The van der Waals surface area contributed by atoms with Gasteiger partial charge in [0.05, 0.1) is 6.61 Å². The predicted molar refractivity (Wildman–Crippen MR) is 74.4 cm³/mol. The van der Waals surface area contributed by atoms with Crippen molar-refractivity contribution < 1.29 is 4.74 Å². The molecule has 102 valence electrons. The fraction of sp³-hybridized carbons (Fsp3) is 1.00. The average molecular weight is 241 g/mol. The lowest BCUT2D eigenvalue weighted by atomic mass is 9.95. The summed E-state index contributed by atoms with van der Waals surface area (Å²) in [4.78, 5) is 0. The van der Waals surface area contributed by atoms with E-state index < -0.39 is 0 Å². The number of hydrogen-bond donors (Lipinski definition) is 1. The van der Waals surface area contributed by atoms with Gasteiger partial charge in [0.25, 0.3) is 0 Å². The maximum Gasteiger partial charge on any atom is 0.0615 e. The Morgan fingerprint density at radius 2 is 2.00 bits per heavy atom. The molecule has 3 atom stereocenters. The van der Waals surface area contributed by atoms with E-state index in [1.54, 1.807) is 7.11 Å². The van der Waals surface area contributed by atoms with E-state index in [-0.39, 0.29) is 0 Å². The first kappa shape index (κ1) is 15.0. The van der Waals surface area contributed by atoms with Crippen molar-refractivity contribution in [2.45, 2.75) is 77.3 Å². The first-order chi connectivity index (χ1) is 8.30. The van der Waals surface area contributed by atoms with E-state index in [9.17, 15) is 0 Å². The van der Waals surface area contributed by atoms with Crippen LogP contribution >= 0.6 is 0 Å². The topological polar surface area (TPSA) is 21.3 Å². The zero-order valence-electron chi connectivity index (χ0n) is 12.0. The highest BCUT2D eigenvalue weighted by atomic mass is 16.5. The lowest BCUT2D eigenvalue weighted by molar-refractivity contribution is 0.156. The molecule has 0 spiro atoms. The lowest BCUT2D eigenvalue weighted by Gasteiger charge is -2.23. The molecule has 0 aromatic heterocycles. The van der Waals surface area contributed by atoms with E-state index in [4.69, 9.17) is 4.74 Å². The van der Waals surface area contributed by atoms with Gasteiger partial charge < -0.3 is 10.1 Å². The summed E-state index contributed by atoms with van der Waals surface area (Å²) in [6.07, 6.45) is 11.0. The van der Waals surface area contributed by atoms with E-state index in [0.29, 0.717) is 6.04 Å². The maximum atomic E-state index is 5.26. The number of nitrogens with one attached hydrogen (secondary N) is 1. The smallest absolute Gasteiger partial charge is 0.0615 e. The molecule has 1 aliphatic carbocycles. The van der Waals surface area contributed by atoms with Gasteiger partial charge in [-0.05, 0) is 31.6 Å². The molecule has 0 aliphatic heterocycles. The molecule has 1 aliphatic rings. The maximum absolute atomic E-state index is 5.26. The van der Waals surface area contributed by atoms with E-state index in [1.165, 1.54) is 51.4 Å². The molecule has 3 unspecified atom stereocenters. The molecular weight excluding hydrogens is 210 g/mol. The fourth-order valence-corrected chi connectivity index (χ4v) is 3.06. The van der Waals surface area contributed by atoms with Crippen LogP contribution in [0.4, 0.5) is 0 Å². The van der Waals surface area contributed by atoms with Gasteiger partial charge in [0.1, 0.15) is 0 Å². The summed E-state index contributed by atoms with van der Waals surface area (Å²) >= 11 is 0. The van der Waals surface area contributed by atoms with Gasteiger partial charge in [-0.25, -0.2) is 0 Å². The van der Waals surface area contributed by atoms with Crippen LogP contribution in [0.1, 0.15) is 65.2 Å². The van der Waals surface area contributed by atoms with E-state index in [2.05, 4.69) is 19.2 Å². The third kappa shape index (κ3) is 5.87. The largest absolute Gasteiger partial charge is 0.383 e. The summed E-state index contributed by atoms with van der Waals surface area (Å²) in [5.41, 5.74) is 0. The van der Waals surface area contributed by atoms with E-state index >= 15 is 0 Å². The van der Waals surface area contributed by atoms with Gasteiger partial charge >= 0.3 is 0 Å². The molecule has 1 saturated carbocycles. The Balaban J connectivity index is 2.29. The molecule has 0 aromatic rings. The zero-order chi connectivity index (χ0) is 12.5. The van der Waals surface area contributed by atoms with Crippen molar-refractivity contribution in [3.05, 3.63) is 0 Å². The molecule has 1 rings (SSSR count). The normalized spacial score (nSPS) is 27.7. The summed E-state index contributed by atoms with van der Waals surface area (Å²) in [6, 6.07) is 1.28. The fourth-order valence-electron chi connectivity index (χ4n) is 3.06. The second-order valence-corrected chi connectivity index (χ2v) is 5.59. The molecule has 2 nitrogen and oxygen atoms in total. The molecule has 1 N–H and O–H groups in total. The first-order valence-corrected chi connectivity index (χ1v) is 7.55. The van der Waals surface area contributed by atoms with Gasteiger partial charge in [-0.3, -0.25) is 0 Å². The van der Waals surface area contributed by atoms with Crippen LogP contribution in [0.5, 0.6) is 0 Å². The molecule has 1 fully saturated rings. The van der Waals surface area contributed by atoms with Gasteiger partial charge in [0.15, 0.2) is 0 Å². The molecule has 17 heavy (non-hydrogen) atoms. The third-order valence-electron chi connectivity index (χ3n) is 4.12. The van der Waals surface area contributed by atoms with Crippen LogP contribution in [-0.4, -0.2) is 25.8 Å². The van der Waals surface area contributed by atoms with Crippen LogP contribution in [-0.2, 0) is 4.74 Å². The Morgan fingerprint density at radius 1 is 1.18 bits per heavy atom. The summed E-state index contributed by atoms with van der Waals surface area (Å²) < 4.78 is 5.26. The van der Waals surface area contributed by atoms with Crippen LogP contribution in [0.2, 0.25) is 0 Å². The highest BCUT2D eigenvalue weighted by molar-refractivity contribution is 4.78. The molecule has 0 heterocycles. The van der Waals surface area contributed by atoms with Crippen LogP contribution in [0.3, 0.4) is 0 Å². The number of ether oxygens (including phenoxy) is 1. The van der Waals surface area contributed by atoms with Crippen LogP contribution in [0.25, 0.3) is 0 Å². The standard InChI is InChI=1S/C15H31NO/c1-4-7-13-8-6-9-15(11-10-13)16-14(5-2)12-17-3/h13-16H,4-12H2,1-3H3. The lowest BCUT2D eigenvalue weighted by Crippen LogP contribution is -2.40. The molecule has 0 aromatic carbocycles. The van der Waals surface area contributed by atoms with Crippen LogP contribution in [0.15, 0.2) is 0 Å². The van der Waals surface area contributed by atoms with Gasteiger partial charge in [-0.2, -0.15) is 0 Å². The molecular formula is C15H31NO. The van der Waals surface area contributed by atoms with E-state index in [0.717, 1.165) is 18.6 Å². The van der Waals surface area contributed by atoms with Gasteiger partial charge in [-0.1, -0.05) is 39.5 Å². The molecule has 2 heteroatoms. The van der Waals surface area contributed by atoms with Crippen molar-refractivity contribution in [1.82, 2.24) is 5.32 Å². The summed E-state index contributed by atoms with van der Waals surface area (Å²) in [5.74, 6) is 0.995. The number of rotatable bonds is 7. The van der Waals surface area contributed by atoms with Crippen molar-refractivity contribution in [3.63, 3.8) is 0 Å². The van der Waals surface area contributed by atoms with Crippen molar-refractivity contribution in [2.75, 3.05) is 13.7 Å². The monoisotopic (exact) mass is 241 g/mol. The first-order valence-electron chi connectivity index (χ1n) is 7.55. The average Bonchev–Trinajstić information content (AvgIpc) is 2.55. The molecule has 0 amide bonds. The number of methoxy groups -OCH3 is 1. The second-order valence-electron chi connectivity index (χ2n) is 5.59. The Labute approximate surface area is 108 Å². The van der Waals surface area contributed by atoms with Gasteiger partial charge in [0, 0.05) is 19.2 Å². The van der Waals surface area contributed by atoms with Crippen molar-refractivity contribution in [1.29, 1.82) is 0 Å². The highest BCUT2D eigenvalue weighted by Crippen LogP contribution is 2.26. The molecule has 0 radical (unpaired) electrons. The zero-order valence-corrected chi connectivity index (χ0v) is 12.0. The summed E-state index contributed by atoms with van der Waals surface area (Å²) in [6.45, 7) is 5.41. The van der Waals surface area contributed by atoms with Gasteiger partial charge in [0.2, 0.25) is 0 Å². The molecule has 0 bridgehead atoms. The SMILES string of the molecule is CCCC1CCCC(NC(CC)COC)CC1. The third-order valence-corrected chi connectivity index (χ3v) is 4.12. The van der Waals surface area contributed by atoms with Crippen molar-refractivity contribution in [2.24, 2.45) is 5.92 Å². The van der Waals surface area contributed by atoms with Crippen molar-refractivity contribution >= 4 is 0 Å². The highest BCUT2D eigenvalue weighted by Gasteiger charge is 2.20. The van der Waals surface area contributed by atoms with Crippen LogP contribution < -0.4 is 5.32 Å². The summed E-state index contributed by atoms with van der Waals surface area (Å²) in [5, 5.41) is 3.78. The Hall–Kier alpha value is -0.0800. The Morgan fingerprint density at radius 3 is 2.65 bits per heavy atom. The minimum absolute atomic E-state index is 0.549. The van der Waals surface area contributed by atoms with Crippen molar-refractivity contribution in [3.8, 4) is 0 Å². The Bertz CT molecular complexity index is 184. The quantitative estimate of drug-likeness (QED) is 0.685. The minimum atomic E-state index is 0.549. The minimum Gasteiger partial charge on any atom is -0.383 e. The van der Waals surface area contributed by atoms with E-state index in [1.807, 2.05) is 0 Å². The van der Waals surface area contributed by atoms with Gasteiger partial charge in [-0.15, -0.1) is 0 Å². The number of hydrogen-bond acceptors (Lipinski definition) is 2.